The molecule has 6 heteroatoms. The quantitative estimate of drug-likeness (QED) is 0.682. The number of nitro benzene ring substituents is 1. The minimum absolute atomic E-state index is 0.0766. The first-order valence-electron chi connectivity index (χ1n) is 6.28. The SMILES string of the molecule is CCCC1(O)CN(c2cc(Cl)c([N+](=O)[O-])cc2C)C1. The van der Waals surface area contributed by atoms with Gasteiger partial charge in [0.15, 0.2) is 0 Å². The molecule has 1 fully saturated rings. The second-order valence-corrected chi connectivity index (χ2v) is 5.58. The van der Waals surface area contributed by atoms with Gasteiger partial charge in [-0.2, -0.15) is 0 Å². The van der Waals surface area contributed by atoms with Crippen molar-refractivity contribution in [2.45, 2.75) is 32.3 Å². The molecule has 5 nitrogen and oxygen atoms in total. The average molecular weight is 285 g/mol. The van der Waals surface area contributed by atoms with Crippen molar-refractivity contribution in [3.8, 4) is 0 Å². The smallest absolute Gasteiger partial charge is 0.288 e. The van der Waals surface area contributed by atoms with Gasteiger partial charge in [-0.15, -0.1) is 0 Å². The zero-order valence-electron chi connectivity index (χ0n) is 11.0. The van der Waals surface area contributed by atoms with Gasteiger partial charge < -0.3 is 10.0 Å². The van der Waals surface area contributed by atoms with Gasteiger partial charge in [0, 0.05) is 24.8 Å². The van der Waals surface area contributed by atoms with Crippen LogP contribution in [0.1, 0.15) is 25.3 Å². The molecule has 1 N–H and O–H groups in total. The summed E-state index contributed by atoms with van der Waals surface area (Å²) in [6.07, 6.45) is 1.70. The van der Waals surface area contributed by atoms with E-state index >= 15 is 0 Å². The number of benzene rings is 1. The molecule has 1 heterocycles. The van der Waals surface area contributed by atoms with E-state index in [9.17, 15) is 15.2 Å². The van der Waals surface area contributed by atoms with Crippen molar-refractivity contribution in [3.63, 3.8) is 0 Å². The van der Waals surface area contributed by atoms with Crippen LogP contribution in [0.15, 0.2) is 12.1 Å². The fraction of sp³-hybridized carbons (Fsp3) is 0.538. The zero-order chi connectivity index (χ0) is 14.2. The van der Waals surface area contributed by atoms with Gasteiger partial charge in [-0.05, 0) is 25.0 Å². The number of nitrogens with zero attached hydrogens (tertiary/aromatic N) is 2. The van der Waals surface area contributed by atoms with Crippen LogP contribution in [0, 0.1) is 17.0 Å². The number of rotatable bonds is 4. The molecule has 0 bridgehead atoms. The highest BCUT2D eigenvalue weighted by molar-refractivity contribution is 6.33. The van der Waals surface area contributed by atoms with E-state index in [1.807, 2.05) is 18.7 Å². The van der Waals surface area contributed by atoms with Crippen LogP contribution in [0.2, 0.25) is 5.02 Å². The molecule has 1 aromatic carbocycles. The van der Waals surface area contributed by atoms with Gasteiger partial charge in [0.1, 0.15) is 5.02 Å². The van der Waals surface area contributed by atoms with Gasteiger partial charge in [0.25, 0.3) is 5.69 Å². The van der Waals surface area contributed by atoms with E-state index in [0.29, 0.717) is 13.1 Å². The van der Waals surface area contributed by atoms with Crippen LogP contribution in [-0.4, -0.2) is 28.7 Å². The van der Waals surface area contributed by atoms with Crippen molar-refractivity contribution in [3.05, 3.63) is 32.8 Å². The summed E-state index contributed by atoms with van der Waals surface area (Å²) in [6, 6.07) is 3.09. The monoisotopic (exact) mass is 284 g/mol. The van der Waals surface area contributed by atoms with E-state index in [-0.39, 0.29) is 10.7 Å². The lowest BCUT2D eigenvalue weighted by Gasteiger charge is -2.48. The molecule has 0 atom stereocenters. The molecule has 1 aliphatic rings. The summed E-state index contributed by atoms with van der Waals surface area (Å²) in [4.78, 5) is 12.3. The molecule has 0 spiro atoms. The summed E-state index contributed by atoms with van der Waals surface area (Å²) in [7, 11) is 0. The van der Waals surface area contributed by atoms with Crippen LogP contribution < -0.4 is 4.90 Å². The van der Waals surface area contributed by atoms with Crippen molar-refractivity contribution >= 4 is 23.0 Å². The zero-order valence-corrected chi connectivity index (χ0v) is 11.8. The second-order valence-electron chi connectivity index (χ2n) is 5.18. The van der Waals surface area contributed by atoms with Gasteiger partial charge in [-0.1, -0.05) is 24.9 Å². The van der Waals surface area contributed by atoms with Crippen LogP contribution in [0.4, 0.5) is 11.4 Å². The molecule has 2 rings (SSSR count). The third kappa shape index (κ3) is 2.67. The van der Waals surface area contributed by atoms with Gasteiger partial charge in [0.05, 0.1) is 10.5 Å². The largest absolute Gasteiger partial charge is 0.386 e. The van der Waals surface area contributed by atoms with Gasteiger partial charge in [-0.25, -0.2) is 0 Å². The summed E-state index contributed by atoms with van der Waals surface area (Å²) in [5, 5.41) is 21.1. The molecule has 0 aromatic heterocycles. The number of hydrogen-bond donors (Lipinski definition) is 1. The normalized spacial score (nSPS) is 17.2. The first-order chi connectivity index (χ1) is 8.86. The van der Waals surface area contributed by atoms with Crippen LogP contribution in [0.3, 0.4) is 0 Å². The maximum atomic E-state index is 10.8. The Hall–Kier alpha value is -1.33. The van der Waals surface area contributed by atoms with Crippen molar-refractivity contribution in [1.29, 1.82) is 0 Å². The minimum Gasteiger partial charge on any atom is -0.386 e. The van der Waals surface area contributed by atoms with E-state index in [4.69, 9.17) is 11.6 Å². The third-order valence-corrected chi connectivity index (χ3v) is 3.79. The van der Waals surface area contributed by atoms with Crippen LogP contribution in [0.25, 0.3) is 0 Å². The van der Waals surface area contributed by atoms with Crippen molar-refractivity contribution in [1.82, 2.24) is 0 Å². The fourth-order valence-corrected chi connectivity index (χ4v) is 2.82. The number of nitro groups is 1. The van der Waals surface area contributed by atoms with Gasteiger partial charge >= 0.3 is 0 Å². The predicted molar refractivity (Wildman–Crippen MR) is 74.9 cm³/mol. The number of β-amino-alcohol motifs (C(OH)–C–C–N with tert-alkyl or cyclic N) is 1. The topological polar surface area (TPSA) is 66.6 Å². The Labute approximate surface area is 116 Å². The molecule has 1 aromatic rings. The van der Waals surface area contributed by atoms with Crippen molar-refractivity contribution in [2.24, 2.45) is 0 Å². The highest BCUT2D eigenvalue weighted by Gasteiger charge is 2.41. The Balaban J connectivity index is 2.20. The molecule has 104 valence electrons. The lowest BCUT2D eigenvalue weighted by atomic mass is 9.88. The molecule has 1 aliphatic heterocycles. The maximum Gasteiger partial charge on any atom is 0.288 e. The molecule has 0 amide bonds. The molecule has 0 unspecified atom stereocenters. The van der Waals surface area contributed by atoms with E-state index in [1.165, 1.54) is 6.07 Å². The van der Waals surface area contributed by atoms with Gasteiger partial charge in [-0.3, -0.25) is 10.1 Å². The van der Waals surface area contributed by atoms with Crippen molar-refractivity contribution < 1.29 is 10.0 Å². The number of anilines is 1. The predicted octanol–water partition coefficient (Wildman–Crippen LogP) is 2.91. The molecular formula is C13H17ClN2O3. The first kappa shape index (κ1) is 14.1. The van der Waals surface area contributed by atoms with Crippen molar-refractivity contribution in [2.75, 3.05) is 18.0 Å². The molecule has 0 radical (unpaired) electrons. The van der Waals surface area contributed by atoms with E-state index in [1.54, 1.807) is 6.07 Å². The lowest BCUT2D eigenvalue weighted by molar-refractivity contribution is -0.384. The molecular weight excluding hydrogens is 268 g/mol. The van der Waals surface area contributed by atoms with Crippen LogP contribution >= 0.6 is 11.6 Å². The molecule has 1 saturated heterocycles. The van der Waals surface area contributed by atoms with E-state index in [2.05, 4.69) is 0 Å². The number of aryl methyl sites for hydroxylation is 1. The van der Waals surface area contributed by atoms with E-state index < -0.39 is 10.5 Å². The Morgan fingerprint density at radius 3 is 2.68 bits per heavy atom. The maximum absolute atomic E-state index is 10.8. The molecule has 0 saturated carbocycles. The Kier molecular flexibility index (Phi) is 3.69. The van der Waals surface area contributed by atoms with E-state index in [0.717, 1.165) is 24.1 Å². The molecule has 19 heavy (non-hydrogen) atoms. The standard InChI is InChI=1S/C13H17ClN2O3/c1-3-4-13(17)7-15(8-13)11-6-10(14)12(16(18)19)5-9(11)2/h5-6,17H,3-4,7-8H2,1-2H3. The highest BCUT2D eigenvalue weighted by Crippen LogP contribution is 2.37. The fourth-order valence-electron chi connectivity index (χ4n) is 2.59. The second kappa shape index (κ2) is 4.98. The third-order valence-electron chi connectivity index (χ3n) is 3.49. The number of halogens is 1. The average Bonchev–Trinajstić information content (AvgIpc) is 2.28. The Morgan fingerprint density at radius 2 is 2.16 bits per heavy atom. The summed E-state index contributed by atoms with van der Waals surface area (Å²) in [5.41, 5.74) is 0.952. The Morgan fingerprint density at radius 1 is 1.53 bits per heavy atom. The molecule has 0 aliphatic carbocycles. The summed E-state index contributed by atoms with van der Waals surface area (Å²) in [6.45, 7) is 4.95. The van der Waals surface area contributed by atoms with Crippen LogP contribution in [-0.2, 0) is 0 Å². The lowest BCUT2D eigenvalue weighted by Crippen LogP contribution is -2.62. The van der Waals surface area contributed by atoms with Gasteiger partial charge in [0.2, 0.25) is 0 Å². The minimum atomic E-state index is -0.630. The highest BCUT2D eigenvalue weighted by atomic mass is 35.5. The van der Waals surface area contributed by atoms with Crippen LogP contribution in [0.5, 0.6) is 0 Å². The summed E-state index contributed by atoms with van der Waals surface area (Å²) >= 11 is 5.92. The summed E-state index contributed by atoms with van der Waals surface area (Å²) in [5.74, 6) is 0. The first-order valence-corrected chi connectivity index (χ1v) is 6.66. The number of hydrogen-bond acceptors (Lipinski definition) is 4. The number of aliphatic hydroxyl groups is 1. The summed E-state index contributed by atoms with van der Waals surface area (Å²) < 4.78 is 0. The Bertz CT molecular complexity index is 513.